The number of aromatic hydroxyl groups is 2. The molecule has 0 saturated heterocycles. The Hall–Kier alpha value is -3.35. The van der Waals surface area contributed by atoms with E-state index < -0.39 is 5.91 Å². The van der Waals surface area contributed by atoms with Crippen molar-refractivity contribution in [3.63, 3.8) is 0 Å². The van der Waals surface area contributed by atoms with E-state index in [-0.39, 0.29) is 30.2 Å². The molecule has 0 aliphatic heterocycles. The molecule has 7 heteroatoms. The van der Waals surface area contributed by atoms with Gasteiger partial charge in [-0.2, -0.15) is 5.10 Å². The number of nitrogens with one attached hydrogen (secondary N) is 2. The molecule has 0 unspecified atom stereocenters. The van der Waals surface area contributed by atoms with Gasteiger partial charge in [0.25, 0.3) is 0 Å². The third-order valence-electron chi connectivity index (χ3n) is 3.78. The molecule has 0 aliphatic carbocycles. The number of carbonyl (C=O) groups excluding carboxylic acids is 2. The van der Waals surface area contributed by atoms with Gasteiger partial charge in [-0.05, 0) is 49.2 Å². The van der Waals surface area contributed by atoms with Gasteiger partial charge in [0.1, 0.15) is 11.5 Å². The molecular weight excluding hydrogens is 334 g/mol. The molecule has 0 fully saturated rings. The lowest BCUT2D eigenvalue weighted by Gasteiger charge is -2.07. The van der Waals surface area contributed by atoms with Crippen molar-refractivity contribution in [2.45, 2.75) is 26.7 Å². The van der Waals surface area contributed by atoms with Crippen molar-refractivity contribution in [2.24, 2.45) is 5.10 Å². The predicted octanol–water partition coefficient (Wildman–Crippen LogP) is 2.58. The fourth-order valence-corrected chi connectivity index (χ4v) is 2.14. The average Bonchev–Trinajstić information content (AvgIpc) is 2.58. The van der Waals surface area contributed by atoms with Crippen LogP contribution >= 0.6 is 0 Å². The average molecular weight is 355 g/mol. The minimum absolute atomic E-state index is 0.0183. The summed E-state index contributed by atoms with van der Waals surface area (Å²) >= 11 is 0. The van der Waals surface area contributed by atoms with E-state index in [4.69, 9.17) is 0 Å². The van der Waals surface area contributed by atoms with Crippen LogP contribution in [0.25, 0.3) is 0 Å². The number of amides is 2. The molecule has 7 nitrogen and oxygen atoms in total. The Morgan fingerprint density at radius 3 is 2.42 bits per heavy atom. The standard InChI is InChI=1S/C19H21N3O4/c1-12-3-5-15(9-13(12)2)21-18(25)7-8-19(26)22-20-11-14-4-6-16(23)10-17(14)24/h3-6,9-11,23-24H,7-8H2,1-2H3,(H,21,25)(H,22,26)/b20-11-. The van der Waals surface area contributed by atoms with E-state index in [0.717, 1.165) is 11.1 Å². The van der Waals surface area contributed by atoms with Crippen molar-refractivity contribution in [3.8, 4) is 11.5 Å². The van der Waals surface area contributed by atoms with Gasteiger partial charge >= 0.3 is 0 Å². The van der Waals surface area contributed by atoms with Crippen molar-refractivity contribution in [1.29, 1.82) is 0 Å². The Bertz CT molecular complexity index is 847. The second kappa shape index (κ2) is 8.66. The van der Waals surface area contributed by atoms with Gasteiger partial charge in [-0.15, -0.1) is 0 Å². The van der Waals surface area contributed by atoms with Gasteiger partial charge in [-0.3, -0.25) is 9.59 Å². The van der Waals surface area contributed by atoms with E-state index in [9.17, 15) is 19.8 Å². The molecule has 0 bridgehead atoms. The molecule has 0 saturated carbocycles. The summed E-state index contributed by atoms with van der Waals surface area (Å²) in [5, 5.41) is 25.3. The maximum atomic E-state index is 11.9. The maximum Gasteiger partial charge on any atom is 0.240 e. The number of hydrazone groups is 1. The fraction of sp³-hybridized carbons (Fsp3) is 0.211. The molecule has 0 heterocycles. The minimum atomic E-state index is -0.422. The predicted molar refractivity (Wildman–Crippen MR) is 99.3 cm³/mol. The normalized spacial score (nSPS) is 10.7. The number of phenolic OH excluding ortho intramolecular Hbond substituents is 2. The van der Waals surface area contributed by atoms with Crippen LogP contribution in [-0.2, 0) is 9.59 Å². The second-order valence-electron chi connectivity index (χ2n) is 5.88. The van der Waals surface area contributed by atoms with E-state index in [1.807, 2.05) is 32.0 Å². The lowest BCUT2D eigenvalue weighted by atomic mass is 10.1. The summed E-state index contributed by atoms with van der Waals surface area (Å²) in [6.45, 7) is 3.95. The number of anilines is 1. The zero-order valence-corrected chi connectivity index (χ0v) is 14.6. The summed E-state index contributed by atoms with van der Waals surface area (Å²) in [6, 6.07) is 9.62. The highest BCUT2D eigenvalue weighted by molar-refractivity contribution is 5.93. The third-order valence-corrected chi connectivity index (χ3v) is 3.78. The van der Waals surface area contributed by atoms with Crippen LogP contribution in [0.1, 0.15) is 29.5 Å². The molecule has 0 aromatic heterocycles. The molecule has 0 atom stereocenters. The SMILES string of the molecule is Cc1ccc(NC(=O)CCC(=O)N/N=C\c2ccc(O)cc2O)cc1C. The Morgan fingerprint density at radius 1 is 1.00 bits per heavy atom. The van der Waals surface area contributed by atoms with Gasteiger partial charge < -0.3 is 15.5 Å². The number of hydrogen-bond donors (Lipinski definition) is 4. The van der Waals surface area contributed by atoms with Crippen LogP contribution in [0.5, 0.6) is 11.5 Å². The molecule has 2 amide bonds. The van der Waals surface area contributed by atoms with Crippen LogP contribution in [0.15, 0.2) is 41.5 Å². The second-order valence-corrected chi connectivity index (χ2v) is 5.88. The van der Waals surface area contributed by atoms with E-state index in [1.54, 1.807) is 0 Å². The van der Waals surface area contributed by atoms with Gasteiger partial charge in [-0.25, -0.2) is 5.43 Å². The molecule has 4 N–H and O–H groups in total. The van der Waals surface area contributed by atoms with Crippen LogP contribution in [0, 0.1) is 13.8 Å². The first-order valence-electron chi connectivity index (χ1n) is 8.06. The van der Waals surface area contributed by atoms with Gasteiger partial charge in [0, 0.05) is 30.2 Å². The summed E-state index contributed by atoms with van der Waals surface area (Å²) < 4.78 is 0. The minimum Gasteiger partial charge on any atom is -0.508 e. The van der Waals surface area contributed by atoms with E-state index in [0.29, 0.717) is 11.3 Å². The first-order chi connectivity index (χ1) is 12.3. The number of nitrogens with zero attached hydrogens (tertiary/aromatic N) is 1. The zero-order valence-electron chi connectivity index (χ0n) is 14.6. The van der Waals surface area contributed by atoms with Crippen LogP contribution in [0.3, 0.4) is 0 Å². The Morgan fingerprint density at radius 2 is 1.73 bits per heavy atom. The molecule has 136 valence electrons. The van der Waals surface area contributed by atoms with E-state index in [2.05, 4.69) is 15.8 Å². The molecule has 0 radical (unpaired) electrons. The van der Waals surface area contributed by atoms with Crippen molar-refractivity contribution in [3.05, 3.63) is 53.1 Å². The van der Waals surface area contributed by atoms with Crippen LogP contribution in [-0.4, -0.2) is 28.2 Å². The Balaban J connectivity index is 1.78. The van der Waals surface area contributed by atoms with Crippen molar-refractivity contribution >= 4 is 23.7 Å². The highest BCUT2D eigenvalue weighted by Crippen LogP contribution is 2.20. The smallest absolute Gasteiger partial charge is 0.240 e. The van der Waals surface area contributed by atoms with Crippen molar-refractivity contribution in [2.75, 3.05) is 5.32 Å². The maximum absolute atomic E-state index is 11.9. The summed E-state index contributed by atoms with van der Waals surface area (Å²) in [4.78, 5) is 23.6. The third kappa shape index (κ3) is 5.62. The monoisotopic (exact) mass is 355 g/mol. The summed E-state index contributed by atoms with van der Waals surface area (Å²) in [6.07, 6.45) is 1.26. The topological polar surface area (TPSA) is 111 Å². The first kappa shape index (κ1) is 19.0. The number of rotatable bonds is 6. The Labute approximate surface area is 151 Å². The highest BCUT2D eigenvalue weighted by Gasteiger charge is 2.07. The number of phenols is 2. The number of carbonyl (C=O) groups is 2. The molecule has 2 aromatic rings. The van der Waals surface area contributed by atoms with Gasteiger partial charge in [0.15, 0.2) is 0 Å². The molecule has 26 heavy (non-hydrogen) atoms. The molecular formula is C19H21N3O4. The van der Waals surface area contributed by atoms with Crippen molar-refractivity contribution in [1.82, 2.24) is 5.43 Å². The lowest BCUT2D eigenvalue weighted by Crippen LogP contribution is -2.20. The summed E-state index contributed by atoms with van der Waals surface area (Å²) in [5.41, 5.74) is 5.54. The molecule has 2 aromatic carbocycles. The first-order valence-corrected chi connectivity index (χ1v) is 8.06. The largest absolute Gasteiger partial charge is 0.508 e. The highest BCUT2D eigenvalue weighted by atomic mass is 16.3. The van der Waals surface area contributed by atoms with Gasteiger partial charge in [0.05, 0.1) is 6.21 Å². The molecule has 2 rings (SSSR count). The van der Waals surface area contributed by atoms with Gasteiger partial charge in [-0.1, -0.05) is 6.07 Å². The number of hydrogen-bond acceptors (Lipinski definition) is 5. The molecule has 0 aliphatic rings. The van der Waals surface area contributed by atoms with Gasteiger partial charge in [0.2, 0.25) is 11.8 Å². The fourth-order valence-electron chi connectivity index (χ4n) is 2.14. The van der Waals surface area contributed by atoms with E-state index in [1.165, 1.54) is 24.4 Å². The van der Waals surface area contributed by atoms with Crippen molar-refractivity contribution < 1.29 is 19.8 Å². The van der Waals surface area contributed by atoms with Crippen LogP contribution in [0.4, 0.5) is 5.69 Å². The zero-order chi connectivity index (χ0) is 19.1. The van der Waals surface area contributed by atoms with E-state index >= 15 is 0 Å². The summed E-state index contributed by atoms with van der Waals surface area (Å²) in [5.74, 6) is -0.910. The van der Waals surface area contributed by atoms with Crippen LogP contribution < -0.4 is 10.7 Å². The summed E-state index contributed by atoms with van der Waals surface area (Å²) in [7, 11) is 0. The Kier molecular flexibility index (Phi) is 6.32. The quantitative estimate of drug-likeness (QED) is 0.471. The molecule has 0 spiro atoms. The number of benzene rings is 2. The lowest BCUT2D eigenvalue weighted by molar-refractivity contribution is -0.124. The van der Waals surface area contributed by atoms with Crippen LogP contribution in [0.2, 0.25) is 0 Å². The number of aryl methyl sites for hydroxylation is 2.